The molecule has 0 atom stereocenters. The number of anilines is 1. The summed E-state index contributed by atoms with van der Waals surface area (Å²) in [5.41, 5.74) is 9.76. The first-order valence-corrected chi connectivity index (χ1v) is 6.97. The second kappa shape index (κ2) is 4.59. The Labute approximate surface area is 124 Å². The molecule has 5 heteroatoms. The van der Waals surface area contributed by atoms with Crippen LogP contribution in [-0.4, -0.2) is 9.38 Å². The highest BCUT2D eigenvalue weighted by Gasteiger charge is 2.15. The third kappa shape index (κ3) is 1.98. The number of benzene rings is 1. The van der Waals surface area contributed by atoms with E-state index in [9.17, 15) is 4.39 Å². The van der Waals surface area contributed by atoms with E-state index < -0.39 is 0 Å². The Morgan fingerprint density at radius 1 is 1.25 bits per heavy atom. The molecule has 0 saturated heterocycles. The highest BCUT2D eigenvalue weighted by molar-refractivity contribution is 9.10. The molecule has 0 aliphatic carbocycles. The topological polar surface area (TPSA) is 43.3 Å². The zero-order valence-corrected chi connectivity index (χ0v) is 12.7. The van der Waals surface area contributed by atoms with Crippen molar-refractivity contribution in [2.24, 2.45) is 0 Å². The Balaban J connectivity index is 2.32. The third-order valence-corrected chi connectivity index (χ3v) is 4.15. The van der Waals surface area contributed by atoms with E-state index in [0.29, 0.717) is 22.7 Å². The normalized spacial score (nSPS) is 11.2. The number of aromatic nitrogens is 2. The number of rotatable bonds is 1. The van der Waals surface area contributed by atoms with Gasteiger partial charge in [0.2, 0.25) is 0 Å². The van der Waals surface area contributed by atoms with Crippen molar-refractivity contribution in [3.05, 3.63) is 51.9 Å². The van der Waals surface area contributed by atoms with Crippen molar-refractivity contribution in [3.8, 4) is 11.3 Å². The molecule has 102 valence electrons. The second-order valence-corrected chi connectivity index (χ2v) is 5.72. The van der Waals surface area contributed by atoms with Crippen LogP contribution in [0.4, 0.5) is 10.2 Å². The maximum atomic E-state index is 14.0. The molecule has 3 aromatic rings. The van der Waals surface area contributed by atoms with Crippen LogP contribution < -0.4 is 5.73 Å². The number of nitrogen functional groups attached to an aromatic ring is 1. The quantitative estimate of drug-likeness (QED) is 0.728. The summed E-state index contributed by atoms with van der Waals surface area (Å²) in [4.78, 5) is 4.46. The Kier molecular flexibility index (Phi) is 3.01. The molecule has 0 amide bonds. The smallest absolute Gasteiger partial charge is 0.139 e. The fraction of sp³-hybridized carbons (Fsp3) is 0.133. The van der Waals surface area contributed by atoms with E-state index in [4.69, 9.17) is 5.73 Å². The molecule has 0 radical (unpaired) electrons. The SMILES string of the molecule is Cc1ccc(F)c(-c2nc3cc(C)c(Br)cn3c2N)c1. The van der Waals surface area contributed by atoms with E-state index >= 15 is 0 Å². The van der Waals surface area contributed by atoms with Crippen LogP contribution in [0.3, 0.4) is 0 Å². The van der Waals surface area contributed by atoms with Gasteiger partial charge in [0, 0.05) is 16.2 Å². The van der Waals surface area contributed by atoms with Gasteiger partial charge in [-0.1, -0.05) is 11.6 Å². The van der Waals surface area contributed by atoms with Gasteiger partial charge in [0.25, 0.3) is 0 Å². The van der Waals surface area contributed by atoms with Crippen molar-refractivity contribution in [1.29, 1.82) is 0 Å². The summed E-state index contributed by atoms with van der Waals surface area (Å²) in [6.45, 7) is 3.89. The number of hydrogen-bond donors (Lipinski definition) is 1. The lowest BCUT2D eigenvalue weighted by Gasteiger charge is -2.03. The first-order valence-electron chi connectivity index (χ1n) is 6.17. The molecule has 3 nitrogen and oxygen atoms in total. The second-order valence-electron chi connectivity index (χ2n) is 4.86. The van der Waals surface area contributed by atoms with E-state index in [1.165, 1.54) is 6.07 Å². The van der Waals surface area contributed by atoms with Gasteiger partial charge in [0.05, 0.1) is 0 Å². The number of imidazole rings is 1. The first-order chi connectivity index (χ1) is 9.47. The van der Waals surface area contributed by atoms with Crippen LogP contribution in [0.5, 0.6) is 0 Å². The fourth-order valence-electron chi connectivity index (χ4n) is 2.20. The number of nitrogens with zero attached hydrogens (tertiary/aromatic N) is 2. The lowest BCUT2D eigenvalue weighted by Crippen LogP contribution is -1.96. The van der Waals surface area contributed by atoms with Gasteiger partial charge in [-0.15, -0.1) is 0 Å². The van der Waals surface area contributed by atoms with Crippen LogP contribution >= 0.6 is 15.9 Å². The molecule has 0 bridgehead atoms. The summed E-state index contributed by atoms with van der Waals surface area (Å²) in [5.74, 6) is 0.117. The predicted molar refractivity (Wildman–Crippen MR) is 82.2 cm³/mol. The minimum absolute atomic E-state index is 0.318. The molecule has 1 aromatic carbocycles. The summed E-state index contributed by atoms with van der Waals surface area (Å²) in [7, 11) is 0. The van der Waals surface area contributed by atoms with Gasteiger partial charge in [0.1, 0.15) is 23.0 Å². The first kappa shape index (κ1) is 13.1. The maximum absolute atomic E-state index is 14.0. The number of pyridine rings is 1. The molecule has 0 aliphatic heterocycles. The zero-order valence-electron chi connectivity index (χ0n) is 11.1. The summed E-state index contributed by atoms with van der Waals surface area (Å²) in [5, 5.41) is 0. The summed E-state index contributed by atoms with van der Waals surface area (Å²) < 4.78 is 16.7. The Bertz CT molecular complexity index is 824. The van der Waals surface area contributed by atoms with E-state index in [2.05, 4.69) is 20.9 Å². The van der Waals surface area contributed by atoms with E-state index in [-0.39, 0.29) is 5.82 Å². The van der Waals surface area contributed by atoms with Gasteiger partial charge < -0.3 is 5.73 Å². The van der Waals surface area contributed by atoms with Gasteiger partial charge in [0.15, 0.2) is 0 Å². The van der Waals surface area contributed by atoms with Gasteiger partial charge in [-0.25, -0.2) is 9.37 Å². The maximum Gasteiger partial charge on any atom is 0.139 e. The van der Waals surface area contributed by atoms with E-state index in [0.717, 1.165) is 15.6 Å². The average molecular weight is 334 g/mol. The highest BCUT2D eigenvalue weighted by atomic mass is 79.9. The summed E-state index contributed by atoms with van der Waals surface area (Å²) >= 11 is 3.46. The fourth-order valence-corrected chi connectivity index (χ4v) is 2.52. The zero-order chi connectivity index (χ0) is 14.4. The van der Waals surface area contributed by atoms with Crippen LogP contribution in [0.2, 0.25) is 0 Å². The lowest BCUT2D eigenvalue weighted by molar-refractivity contribution is 0.630. The monoisotopic (exact) mass is 333 g/mol. The minimum Gasteiger partial charge on any atom is -0.383 e. The molecule has 3 rings (SSSR count). The molecule has 0 spiro atoms. The summed E-state index contributed by atoms with van der Waals surface area (Å²) in [6, 6.07) is 6.84. The molecular weight excluding hydrogens is 321 g/mol. The molecule has 0 aliphatic rings. The predicted octanol–water partition coefficient (Wildman–Crippen LogP) is 4.10. The average Bonchev–Trinajstić information content (AvgIpc) is 2.70. The van der Waals surface area contributed by atoms with E-state index in [1.54, 1.807) is 16.5 Å². The van der Waals surface area contributed by atoms with Gasteiger partial charge in [-0.2, -0.15) is 0 Å². The van der Waals surface area contributed by atoms with E-state index in [1.807, 2.05) is 26.1 Å². The Morgan fingerprint density at radius 3 is 2.75 bits per heavy atom. The third-order valence-electron chi connectivity index (χ3n) is 3.32. The highest BCUT2D eigenvalue weighted by Crippen LogP contribution is 2.31. The van der Waals surface area contributed by atoms with Crippen molar-refractivity contribution in [3.63, 3.8) is 0 Å². The molecule has 2 heterocycles. The van der Waals surface area contributed by atoms with Crippen LogP contribution in [-0.2, 0) is 0 Å². The van der Waals surface area contributed by atoms with Gasteiger partial charge >= 0.3 is 0 Å². The van der Waals surface area contributed by atoms with Crippen molar-refractivity contribution in [2.45, 2.75) is 13.8 Å². The van der Waals surface area contributed by atoms with Crippen LogP contribution in [0.25, 0.3) is 16.9 Å². The van der Waals surface area contributed by atoms with Crippen molar-refractivity contribution < 1.29 is 4.39 Å². The summed E-state index contributed by atoms with van der Waals surface area (Å²) in [6.07, 6.45) is 1.85. The number of aryl methyl sites for hydroxylation is 2. The Morgan fingerprint density at radius 2 is 2.00 bits per heavy atom. The number of hydrogen-bond acceptors (Lipinski definition) is 2. The molecule has 20 heavy (non-hydrogen) atoms. The van der Waals surface area contributed by atoms with Gasteiger partial charge in [-0.05, 0) is 53.5 Å². The van der Waals surface area contributed by atoms with Crippen molar-refractivity contribution in [1.82, 2.24) is 9.38 Å². The molecule has 2 aromatic heterocycles. The molecule has 0 fully saturated rings. The minimum atomic E-state index is -0.318. The number of fused-ring (bicyclic) bond motifs is 1. The molecule has 0 saturated carbocycles. The molecule has 2 N–H and O–H groups in total. The lowest BCUT2D eigenvalue weighted by atomic mass is 10.1. The van der Waals surface area contributed by atoms with Crippen LogP contribution in [0.1, 0.15) is 11.1 Å². The largest absolute Gasteiger partial charge is 0.383 e. The van der Waals surface area contributed by atoms with Gasteiger partial charge in [-0.3, -0.25) is 4.40 Å². The molecule has 0 unspecified atom stereocenters. The Hall–Kier alpha value is -1.88. The number of halogens is 2. The number of nitrogens with two attached hydrogens (primary N) is 1. The molecular formula is C15H13BrFN3. The van der Waals surface area contributed by atoms with Crippen LogP contribution in [0, 0.1) is 19.7 Å². The standard InChI is InChI=1S/C15H13BrFN3/c1-8-3-4-12(17)10(5-8)14-15(18)20-7-11(16)9(2)6-13(20)19-14/h3-7H,18H2,1-2H3. The van der Waals surface area contributed by atoms with Crippen molar-refractivity contribution in [2.75, 3.05) is 5.73 Å². The van der Waals surface area contributed by atoms with Crippen LogP contribution in [0.15, 0.2) is 34.9 Å². The van der Waals surface area contributed by atoms with Crippen molar-refractivity contribution >= 4 is 27.4 Å².